The predicted molar refractivity (Wildman–Crippen MR) is 95.3 cm³/mol. The monoisotopic (exact) mass is 344 g/mol. The highest BCUT2D eigenvalue weighted by Gasteiger charge is 2.42. The fraction of sp³-hybridized carbons (Fsp3) is 0.500. The molecule has 1 N–H and O–H groups in total. The number of hydrogen-bond donors (Lipinski definition) is 1. The Balaban J connectivity index is 1.73. The smallest absolute Gasteiger partial charge is 0.251 e. The third kappa shape index (κ3) is 3.88. The Morgan fingerprint density at radius 3 is 2.48 bits per heavy atom. The van der Waals surface area contributed by atoms with Crippen LogP contribution in [0.5, 0.6) is 0 Å². The zero-order valence-electron chi connectivity index (χ0n) is 14.7. The van der Waals surface area contributed by atoms with Crippen molar-refractivity contribution in [2.45, 2.75) is 25.8 Å². The first kappa shape index (κ1) is 17.6. The fourth-order valence-corrected chi connectivity index (χ4v) is 3.45. The van der Waals surface area contributed by atoms with Crippen LogP contribution in [0.15, 0.2) is 24.3 Å². The van der Waals surface area contributed by atoms with E-state index in [4.69, 9.17) is 0 Å². The van der Waals surface area contributed by atoms with Gasteiger partial charge in [-0.05, 0) is 44.3 Å². The molecule has 2 saturated heterocycles. The van der Waals surface area contributed by atoms with Gasteiger partial charge in [-0.3, -0.25) is 19.3 Å². The van der Waals surface area contributed by atoms with Gasteiger partial charge in [-0.25, -0.2) is 4.90 Å². The maximum Gasteiger partial charge on any atom is 0.251 e. The average molecular weight is 344 g/mol. The number of nitrogens with zero attached hydrogens (tertiary/aromatic N) is 3. The zero-order chi connectivity index (χ0) is 18.0. The second-order valence-electron chi connectivity index (χ2n) is 6.71. The van der Waals surface area contributed by atoms with Crippen LogP contribution in [0.25, 0.3) is 0 Å². The number of rotatable bonds is 3. The molecule has 0 spiro atoms. The zero-order valence-corrected chi connectivity index (χ0v) is 14.7. The van der Waals surface area contributed by atoms with E-state index in [1.54, 1.807) is 24.3 Å². The minimum atomic E-state index is -0.367. The Morgan fingerprint density at radius 1 is 1.08 bits per heavy atom. The van der Waals surface area contributed by atoms with Crippen molar-refractivity contribution in [1.29, 1.82) is 0 Å². The molecule has 1 aromatic rings. The first-order valence-corrected chi connectivity index (χ1v) is 8.63. The molecule has 1 atom stereocenters. The molecule has 7 heteroatoms. The molecule has 3 rings (SSSR count). The molecule has 7 nitrogen and oxygen atoms in total. The van der Waals surface area contributed by atoms with Crippen LogP contribution in [-0.4, -0.2) is 66.8 Å². The molecule has 2 aliphatic heterocycles. The van der Waals surface area contributed by atoms with Crippen molar-refractivity contribution in [1.82, 2.24) is 9.80 Å². The lowest BCUT2D eigenvalue weighted by Gasteiger charge is -2.25. The Kier molecular flexibility index (Phi) is 5.15. The summed E-state index contributed by atoms with van der Waals surface area (Å²) < 4.78 is 0. The number of carbonyl (C=O) groups excluding carboxylic acids is 3. The summed E-state index contributed by atoms with van der Waals surface area (Å²) in [5.41, 5.74) is 1.20. The second kappa shape index (κ2) is 7.33. The lowest BCUT2D eigenvalue weighted by atomic mass is 10.2. The minimum Gasteiger partial charge on any atom is -0.326 e. The number of amides is 3. The molecule has 2 aliphatic rings. The van der Waals surface area contributed by atoms with Crippen molar-refractivity contribution in [3.05, 3.63) is 24.3 Å². The molecule has 2 fully saturated rings. The van der Waals surface area contributed by atoms with Gasteiger partial charge in [0.05, 0.1) is 18.2 Å². The van der Waals surface area contributed by atoms with Crippen LogP contribution in [0.4, 0.5) is 11.4 Å². The fourth-order valence-electron chi connectivity index (χ4n) is 3.45. The van der Waals surface area contributed by atoms with Gasteiger partial charge in [0, 0.05) is 32.2 Å². The van der Waals surface area contributed by atoms with E-state index >= 15 is 0 Å². The molecule has 0 unspecified atom stereocenters. The van der Waals surface area contributed by atoms with Crippen LogP contribution in [0.3, 0.4) is 0 Å². The summed E-state index contributed by atoms with van der Waals surface area (Å²) >= 11 is 0. The van der Waals surface area contributed by atoms with Crippen LogP contribution < -0.4 is 10.2 Å². The highest BCUT2D eigenvalue weighted by molar-refractivity contribution is 6.22. The van der Waals surface area contributed by atoms with Gasteiger partial charge < -0.3 is 10.2 Å². The second-order valence-corrected chi connectivity index (χ2v) is 6.71. The molecule has 1 aromatic carbocycles. The lowest BCUT2D eigenvalue weighted by Crippen LogP contribution is -2.43. The summed E-state index contributed by atoms with van der Waals surface area (Å²) in [6.45, 7) is 4.99. The minimum absolute atomic E-state index is 0.151. The molecule has 0 bridgehead atoms. The lowest BCUT2D eigenvalue weighted by molar-refractivity contribution is -0.123. The predicted octanol–water partition coefficient (Wildman–Crippen LogP) is 0.914. The standard InChI is InChI=1S/C18H24N4O3/c1-13(23)19-14-4-6-15(7-5-14)22-17(24)12-16(18(22)25)21-9-3-8-20(2)10-11-21/h4-7,16H,3,8-12H2,1-2H3,(H,19,23)/t16-/m1/s1. The molecule has 2 heterocycles. The van der Waals surface area contributed by atoms with Gasteiger partial charge in [-0.15, -0.1) is 0 Å². The quantitative estimate of drug-likeness (QED) is 0.826. The van der Waals surface area contributed by atoms with E-state index in [0.29, 0.717) is 11.4 Å². The Bertz CT molecular complexity index is 673. The van der Waals surface area contributed by atoms with Crippen LogP contribution in [0.1, 0.15) is 19.8 Å². The maximum atomic E-state index is 12.9. The number of benzene rings is 1. The number of anilines is 2. The van der Waals surface area contributed by atoms with Crippen LogP contribution in [0, 0.1) is 0 Å². The average Bonchev–Trinajstić information content (AvgIpc) is 2.72. The van der Waals surface area contributed by atoms with Crippen LogP contribution in [-0.2, 0) is 14.4 Å². The molecular formula is C18H24N4O3. The van der Waals surface area contributed by atoms with Crippen molar-refractivity contribution in [2.24, 2.45) is 0 Å². The van der Waals surface area contributed by atoms with Crippen molar-refractivity contribution < 1.29 is 14.4 Å². The summed E-state index contributed by atoms with van der Waals surface area (Å²) in [5.74, 6) is -0.478. The highest BCUT2D eigenvalue weighted by atomic mass is 16.2. The van der Waals surface area contributed by atoms with Crippen LogP contribution >= 0.6 is 0 Å². The van der Waals surface area contributed by atoms with Crippen molar-refractivity contribution in [3.63, 3.8) is 0 Å². The topological polar surface area (TPSA) is 73.0 Å². The van der Waals surface area contributed by atoms with E-state index < -0.39 is 0 Å². The van der Waals surface area contributed by atoms with Gasteiger partial charge in [-0.1, -0.05) is 0 Å². The van der Waals surface area contributed by atoms with Gasteiger partial charge in [0.25, 0.3) is 5.91 Å². The molecule has 25 heavy (non-hydrogen) atoms. The van der Waals surface area contributed by atoms with Gasteiger partial charge in [-0.2, -0.15) is 0 Å². The Morgan fingerprint density at radius 2 is 1.80 bits per heavy atom. The summed E-state index contributed by atoms with van der Waals surface area (Å²) in [6, 6.07) is 6.42. The van der Waals surface area contributed by atoms with Crippen molar-refractivity contribution in [2.75, 3.05) is 43.4 Å². The number of likely N-dealkylation sites (N-methyl/N-ethyl adjacent to an activating group) is 1. The summed E-state index contributed by atoms with van der Waals surface area (Å²) in [5, 5.41) is 2.68. The molecule has 0 aromatic heterocycles. The third-order valence-electron chi connectivity index (χ3n) is 4.76. The summed E-state index contributed by atoms with van der Waals surface area (Å²) in [4.78, 5) is 42.0. The normalized spacial score (nSPS) is 23.0. The molecule has 134 valence electrons. The number of carbonyl (C=O) groups is 3. The van der Waals surface area contributed by atoms with Gasteiger partial charge in [0.1, 0.15) is 0 Å². The van der Waals surface area contributed by atoms with Gasteiger partial charge in [0.2, 0.25) is 11.8 Å². The van der Waals surface area contributed by atoms with Gasteiger partial charge >= 0.3 is 0 Å². The third-order valence-corrected chi connectivity index (χ3v) is 4.76. The molecule has 0 aliphatic carbocycles. The molecular weight excluding hydrogens is 320 g/mol. The van der Waals surface area contributed by atoms with E-state index in [0.717, 1.165) is 32.6 Å². The number of hydrogen-bond acceptors (Lipinski definition) is 5. The summed E-state index contributed by atoms with van der Waals surface area (Å²) in [6.07, 6.45) is 1.23. The molecule has 3 amide bonds. The molecule has 0 saturated carbocycles. The van der Waals surface area contributed by atoms with E-state index in [9.17, 15) is 14.4 Å². The SMILES string of the molecule is CC(=O)Nc1ccc(N2C(=O)C[C@@H](N3CCCN(C)CC3)C2=O)cc1. The van der Waals surface area contributed by atoms with Crippen LogP contribution in [0.2, 0.25) is 0 Å². The van der Waals surface area contributed by atoms with Crippen molar-refractivity contribution >= 4 is 29.1 Å². The number of imide groups is 1. The maximum absolute atomic E-state index is 12.9. The van der Waals surface area contributed by atoms with Gasteiger partial charge in [0.15, 0.2) is 0 Å². The van der Waals surface area contributed by atoms with E-state index in [2.05, 4.69) is 22.2 Å². The van der Waals surface area contributed by atoms with E-state index in [1.165, 1.54) is 11.8 Å². The van der Waals surface area contributed by atoms with Crippen molar-refractivity contribution in [3.8, 4) is 0 Å². The Hall–Kier alpha value is -2.25. The summed E-state index contributed by atoms with van der Waals surface area (Å²) in [7, 11) is 2.08. The Labute approximate surface area is 147 Å². The first-order chi connectivity index (χ1) is 12.0. The highest BCUT2D eigenvalue weighted by Crippen LogP contribution is 2.27. The number of nitrogens with one attached hydrogen (secondary N) is 1. The van der Waals surface area contributed by atoms with E-state index in [-0.39, 0.29) is 30.2 Å². The van der Waals surface area contributed by atoms with E-state index in [1.807, 2.05) is 0 Å². The first-order valence-electron chi connectivity index (χ1n) is 8.63. The largest absolute Gasteiger partial charge is 0.326 e. The molecule has 0 radical (unpaired) electrons.